The highest BCUT2D eigenvalue weighted by molar-refractivity contribution is 7.91. The molecule has 2 aromatic carbocycles. The summed E-state index contributed by atoms with van der Waals surface area (Å²) in [5.74, 6) is -0.870. The zero-order valence-electron chi connectivity index (χ0n) is 13.3. The van der Waals surface area contributed by atoms with Gasteiger partial charge >= 0.3 is 0 Å². The molecule has 6 heteroatoms. The molecule has 24 heavy (non-hydrogen) atoms. The molecule has 1 N–H and O–H groups in total. The Kier molecular flexibility index (Phi) is 4.43. The first kappa shape index (κ1) is 16.7. The molecular formula is C18H19NO4S. The number of aryl methyl sites for hydroxylation is 1. The average molecular weight is 345 g/mol. The second kappa shape index (κ2) is 6.37. The first-order valence-electron chi connectivity index (χ1n) is 7.71. The third-order valence-corrected chi connectivity index (χ3v) is 5.84. The van der Waals surface area contributed by atoms with Crippen molar-refractivity contribution in [3.8, 4) is 0 Å². The van der Waals surface area contributed by atoms with Crippen molar-refractivity contribution in [2.24, 2.45) is 0 Å². The molecule has 126 valence electrons. The van der Waals surface area contributed by atoms with E-state index in [1.807, 2.05) is 31.2 Å². The number of hydrogen-bond acceptors (Lipinski definition) is 4. The van der Waals surface area contributed by atoms with Gasteiger partial charge in [0.1, 0.15) is 0 Å². The Balaban J connectivity index is 2.06. The van der Waals surface area contributed by atoms with E-state index in [1.54, 1.807) is 30.3 Å². The van der Waals surface area contributed by atoms with Gasteiger partial charge in [0.15, 0.2) is 9.84 Å². The number of rotatable bonds is 3. The van der Waals surface area contributed by atoms with Crippen LogP contribution in [0.25, 0.3) is 0 Å². The highest BCUT2D eigenvalue weighted by Crippen LogP contribution is 2.27. The van der Waals surface area contributed by atoms with Crippen LogP contribution >= 0.6 is 0 Å². The fraction of sp³-hybridized carbons (Fsp3) is 0.278. The van der Waals surface area contributed by atoms with Crippen LogP contribution in [0.1, 0.15) is 15.9 Å². The summed E-state index contributed by atoms with van der Waals surface area (Å²) in [6, 6.07) is 15.2. The number of sulfone groups is 1. The minimum atomic E-state index is -3.37. The molecule has 1 heterocycles. The molecule has 2 unspecified atom stereocenters. The molecule has 1 saturated heterocycles. The molecule has 0 spiro atoms. The lowest BCUT2D eigenvalue weighted by Gasteiger charge is -2.30. The van der Waals surface area contributed by atoms with E-state index in [4.69, 9.17) is 0 Å². The number of aliphatic hydroxyl groups is 1. The van der Waals surface area contributed by atoms with Gasteiger partial charge in [0.25, 0.3) is 5.91 Å². The van der Waals surface area contributed by atoms with Crippen molar-refractivity contribution < 1.29 is 18.3 Å². The van der Waals surface area contributed by atoms with Crippen LogP contribution in [0.5, 0.6) is 0 Å². The smallest absolute Gasteiger partial charge is 0.258 e. The topological polar surface area (TPSA) is 74.7 Å². The lowest BCUT2D eigenvalue weighted by Crippen LogP contribution is -2.47. The fourth-order valence-electron chi connectivity index (χ4n) is 3.01. The molecular weight excluding hydrogens is 326 g/mol. The van der Waals surface area contributed by atoms with Crippen molar-refractivity contribution in [2.75, 3.05) is 16.4 Å². The summed E-state index contributed by atoms with van der Waals surface area (Å²) in [7, 11) is -3.37. The van der Waals surface area contributed by atoms with Gasteiger partial charge in [-0.15, -0.1) is 0 Å². The maximum atomic E-state index is 13.0. The summed E-state index contributed by atoms with van der Waals surface area (Å²) in [4.78, 5) is 14.4. The van der Waals surface area contributed by atoms with E-state index in [9.17, 15) is 18.3 Å². The summed E-state index contributed by atoms with van der Waals surface area (Å²) in [6.07, 6.45) is -1.09. The minimum Gasteiger partial charge on any atom is -0.390 e. The van der Waals surface area contributed by atoms with Crippen LogP contribution in [0, 0.1) is 6.92 Å². The van der Waals surface area contributed by atoms with Gasteiger partial charge in [-0.05, 0) is 36.8 Å². The molecule has 2 atom stereocenters. The highest BCUT2D eigenvalue weighted by atomic mass is 32.2. The number of benzene rings is 2. The minimum absolute atomic E-state index is 0.235. The van der Waals surface area contributed by atoms with Crippen LogP contribution in [-0.4, -0.2) is 43.1 Å². The van der Waals surface area contributed by atoms with Crippen LogP contribution in [0.3, 0.4) is 0 Å². The maximum absolute atomic E-state index is 13.0. The molecule has 0 aliphatic carbocycles. The molecule has 0 saturated carbocycles. The van der Waals surface area contributed by atoms with Crippen LogP contribution < -0.4 is 4.90 Å². The zero-order valence-corrected chi connectivity index (χ0v) is 14.1. The Morgan fingerprint density at radius 2 is 1.79 bits per heavy atom. The van der Waals surface area contributed by atoms with Crippen molar-refractivity contribution in [3.63, 3.8) is 0 Å². The van der Waals surface area contributed by atoms with E-state index in [0.29, 0.717) is 11.3 Å². The van der Waals surface area contributed by atoms with Gasteiger partial charge in [-0.3, -0.25) is 4.79 Å². The molecule has 0 radical (unpaired) electrons. The monoisotopic (exact) mass is 345 g/mol. The van der Waals surface area contributed by atoms with Crippen molar-refractivity contribution in [3.05, 3.63) is 65.7 Å². The first-order chi connectivity index (χ1) is 11.4. The van der Waals surface area contributed by atoms with Gasteiger partial charge in [-0.25, -0.2) is 8.42 Å². The van der Waals surface area contributed by atoms with Crippen LogP contribution in [0.4, 0.5) is 5.69 Å². The Morgan fingerprint density at radius 1 is 1.08 bits per heavy atom. The molecule has 1 aliphatic rings. The summed E-state index contributed by atoms with van der Waals surface area (Å²) in [5, 5.41) is 10.2. The van der Waals surface area contributed by atoms with Gasteiger partial charge < -0.3 is 10.0 Å². The molecule has 0 aromatic heterocycles. The van der Waals surface area contributed by atoms with Gasteiger partial charge in [-0.2, -0.15) is 0 Å². The second-order valence-electron chi connectivity index (χ2n) is 6.09. The summed E-state index contributed by atoms with van der Waals surface area (Å²) in [6.45, 7) is 1.90. The lowest BCUT2D eigenvalue weighted by molar-refractivity contribution is 0.0945. The van der Waals surface area contributed by atoms with E-state index >= 15 is 0 Å². The Bertz CT molecular complexity index is 848. The molecule has 1 aliphatic heterocycles. The van der Waals surface area contributed by atoms with E-state index in [0.717, 1.165) is 5.56 Å². The summed E-state index contributed by atoms with van der Waals surface area (Å²) in [5.41, 5.74) is 1.99. The predicted octanol–water partition coefficient (Wildman–Crippen LogP) is 1.80. The number of nitrogens with zero attached hydrogens (tertiary/aromatic N) is 1. The molecule has 0 bridgehead atoms. The number of aliphatic hydroxyl groups excluding tert-OH is 1. The Hall–Kier alpha value is -2.18. The third kappa shape index (κ3) is 3.34. The highest BCUT2D eigenvalue weighted by Gasteiger charge is 2.42. The predicted molar refractivity (Wildman–Crippen MR) is 92.9 cm³/mol. The van der Waals surface area contributed by atoms with E-state index < -0.39 is 22.0 Å². The maximum Gasteiger partial charge on any atom is 0.258 e. The van der Waals surface area contributed by atoms with Crippen molar-refractivity contribution in [1.29, 1.82) is 0 Å². The normalized spacial score (nSPS) is 22.2. The van der Waals surface area contributed by atoms with Crippen LogP contribution in [0.2, 0.25) is 0 Å². The van der Waals surface area contributed by atoms with E-state index in [1.165, 1.54) is 4.90 Å². The van der Waals surface area contributed by atoms with E-state index in [-0.39, 0.29) is 17.4 Å². The quantitative estimate of drug-likeness (QED) is 0.920. The number of amides is 1. The van der Waals surface area contributed by atoms with Gasteiger partial charge in [0.2, 0.25) is 0 Å². The second-order valence-corrected chi connectivity index (χ2v) is 8.25. The molecule has 2 aromatic rings. The largest absolute Gasteiger partial charge is 0.390 e. The lowest BCUT2D eigenvalue weighted by atomic mass is 10.1. The average Bonchev–Trinajstić information content (AvgIpc) is 2.81. The standard InChI is InChI=1S/C18H19NO4S/c1-13-6-5-9-15(10-13)19(16-11-24(22,23)12-17(16)20)18(21)14-7-3-2-4-8-14/h2-10,16-17,20H,11-12H2,1H3. The molecule has 3 rings (SSSR count). The van der Waals surface area contributed by atoms with Gasteiger partial charge in [-0.1, -0.05) is 30.3 Å². The van der Waals surface area contributed by atoms with Gasteiger partial charge in [0.05, 0.1) is 23.7 Å². The zero-order chi connectivity index (χ0) is 17.3. The molecule has 1 amide bonds. The molecule has 1 fully saturated rings. The number of carbonyl (C=O) groups excluding carboxylic acids is 1. The SMILES string of the molecule is Cc1cccc(N(C(=O)c2ccccc2)C2CS(=O)(=O)CC2O)c1. The Labute approximate surface area is 141 Å². The fourth-order valence-corrected chi connectivity index (χ4v) is 4.78. The third-order valence-electron chi connectivity index (χ3n) is 4.14. The van der Waals surface area contributed by atoms with Crippen molar-refractivity contribution >= 4 is 21.4 Å². The number of hydrogen-bond donors (Lipinski definition) is 1. The summed E-state index contributed by atoms with van der Waals surface area (Å²) >= 11 is 0. The first-order valence-corrected chi connectivity index (χ1v) is 9.53. The number of carbonyl (C=O) groups is 1. The molecule has 5 nitrogen and oxygen atoms in total. The van der Waals surface area contributed by atoms with Crippen molar-refractivity contribution in [2.45, 2.75) is 19.1 Å². The number of anilines is 1. The van der Waals surface area contributed by atoms with Crippen LogP contribution in [0.15, 0.2) is 54.6 Å². The summed E-state index contributed by atoms with van der Waals surface area (Å²) < 4.78 is 23.8. The van der Waals surface area contributed by atoms with E-state index in [2.05, 4.69) is 0 Å². The van der Waals surface area contributed by atoms with Crippen molar-refractivity contribution in [1.82, 2.24) is 0 Å². The Morgan fingerprint density at radius 3 is 2.38 bits per heavy atom. The van der Waals surface area contributed by atoms with Crippen LogP contribution in [-0.2, 0) is 9.84 Å². The van der Waals surface area contributed by atoms with Gasteiger partial charge in [0, 0.05) is 11.3 Å².